The number of nitrogens with zero attached hydrogens (tertiary/aromatic N) is 1. The van der Waals surface area contributed by atoms with Gasteiger partial charge in [0.05, 0.1) is 17.0 Å². The molecular weight excluding hydrogens is 399 g/mol. The van der Waals surface area contributed by atoms with E-state index in [0.717, 1.165) is 23.9 Å². The van der Waals surface area contributed by atoms with Gasteiger partial charge in [0, 0.05) is 0 Å². The maximum atomic E-state index is 12.6. The summed E-state index contributed by atoms with van der Waals surface area (Å²) < 4.78 is 38.2. The molecule has 1 saturated heterocycles. The first-order valence-corrected chi connectivity index (χ1v) is 8.81. The number of carbonyl (C=O) groups is 1. The van der Waals surface area contributed by atoms with E-state index in [0.29, 0.717) is 16.0 Å². The molecule has 0 spiro atoms. The number of aromatic hydroxyl groups is 2. The number of halogens is 3. The van der Waals surface area contributed by atoms with E-state index >= 15 is 0 Å². The third-order valence-electron chi connectivity index (χ3n) is 3.79. The van der Waals surface area contributed by atoms with Gasteiger partial charge in [-0.2, -0.15) is 13.2 Å². The van der Waals surface area contributed by atoms with E-state index in [1.165, 1.54) is 41.3 Å². The molecule has 0 saturated carbocycles. The van der Waals surface area contributed by atoms with Gasteiger partial charge in [-0.25, -0.2) is 0 Å². The number of benzene rings is 2. The number of alkyl halides is 3. The molecule has 0 bridgehead atoms. The number of thiocarbonyl (C=S) groups is 1. The predicted octanol–water partition coefficient (Wildman–Crippen LogP) is 4.52. The lowest BCUT2D eigenvalue weighted by Crippen LogP contribution is -2.27. The van der Waals surface area contributed by atoms with Crippen LogP contribution in [0.25, 0.3) is 6.08 Å². The van der Waals surface area contributed by atoms with Crippen molar-refractivity contribution in [3.05, 3.63) is 64.1 Å². The van der Waals surface area contributed by atoms with Crippen LogP contribution in [0.3, 0.4) is 0 Å². The van der Waals surface area contributed by atoms with Gasteiger partial charge >= 0.3 is 6.18 Å². The zero-order chi connectivity index (χ0) is 19.8. The van der Waals surface area contributed by atoms with Crippen molar-refractivity contribution >= 4 is 40.3 Å². The Hall–Kier alpha value is -2.52. The number of phenolic OH excluding ortho intramolecular Hbond substituents is 2. The van der Waals surface area contributed by atoms with Crippen molar-refractivity contribution in [2.45, 2.75) is 12.7 Å². The summed E-state index contributed by atoms with van der Waals surface area (Å²) in [6, 6.07) is 8.66. The van der Waals surface area contributed by atoms with E-state index in [4.69, 9.17) is 12.2 Å². The normalized spacial score (nSPS) is 16.4. The first-order chi connectivity index (χ1) is 12.6. The number of phenols is 2. The molecule has 0 atom stereocenters. The minimum Gasteiger partial charge on any atom is -0.504 e. The standard InChI is InChI=1S/C18H12F3NO3S2/c19-18(20,21)12-4-1-10(2-5-12)9-22-16(25)15(27-17(22)26)8-11-3-6-13(23)14(24)7-11/h1-8,23-24H,9H2/b15-8+. The molecule has 2 aromatic rings. The highest BCUT2D eigenvalue weighted by Crippen LogP contribution is 2.35. The van der Waals surface area contributed by atoms with E-state index in [9.17, 15) is 28.2 Å². The lowest BCUT2D eigenvalue weighted by atomic mass is 10.1. The minimum atomic E-state index is -4.42. The average molecular weight is 411 g/mol. The van der Waals surface area contributed by atoms with Crippen LogP contribution in [-0.4, -0.2) is 25.3 Å². The molecule has 0 aromatic heterocycles. The summed E-state index contributed by atoms with van der Waals surface area (Å²) >= 11 is 6.26. The number of rotatable bonds is 3. The van der Waals surface area contributed by atoms with Gasteiger partial charge in [0.25, 0.3) is 5.91 Å². The van der Waals surface area contributed by atoms with Crippen molar-refractivity contribution in [2.24, 2.45) is 0 Å². The van der Waals surface area contributed by atoms with Crippen molar-refractivity contribution < 1.29 is 28.2 Å². The molecule has 0 radical (unpaired) electrons. The molecular formula is C18H12F3NO3S2. The second kappa shape index (κ2) is 7.24. The van der Waals surface area contributed by atoms with Crippen molar-refractivity contribution in [1.29, 1.82) is 0 Å². The van der Waals surface area contributed by atoms with Gasteiger partial charge in [-0.1, -0.05) is 42.2 Å². The summed E-state index contributed by atoms with van der Waals surface area (Å²) in [5.41, 5.74) is 0.256. The third-order valence-corrected chi connectivity index (χ3v) is 5.17. The van der Waals surface area contributed by atoms with Crippen LogP contribution in [0.15, 0.2) is 47.4 Å². The molecule has 2 N–H and O–H groups in total. The Balaban J connectivity index is 1.78. The Bertz CT molecular complexity index is 940. The number of carbonyl (C=O) groups excluding carboxylic acids is 1. The number of thioether (sulfide) groups is 1. The van der Waals surface area contributed by atoms with Crippen LogP contribution >= 0.6 is 24.0 Å². The third kappa shape index (κ3) is 4.25. The highest BCUT2D eigenvalue weighted by molar-refractivity contribution is 8.26. The summed E-state index contributed by atoms with van der Waals surface area (Å²) in [6.07, 6.45) is -2.90. The Morgan fingerprint density at radius 1 is 1.07 bits per heavy atom. The molecule has 27 heavy (non-hydrogen) atoms. The predicted molar refractivity (Wildman–Crippen MR) is 99.9 cm³/mol. The molecule has 1 amide bonds. The highest BCUT2D eigenvalue weighted by Gasteiger charge is 2.33. The molecule has 1 aliphatic heterocycles. The van der Waals surface area contributed by atoms with E-state index in [1.54, 1.807) is 0 Å². The largest absolute Gasteiger partial charge is 0.504 e. The molecule has 3 rings (SSSR count). The summed E-state index contributed by atoms with van der Waals surface area (Å²) in [6.45, 7) is 0.0565. The highest BCUT2D eigenvalue weighted by atomic mass is 32.2. The number of hydrogen-bond donors (Lipinski definition) is 2. The van der Waals surface area contributed by atoms with Crippen molar-refractivity contribution in [3.63, 3.8) is 0 Å². The van der Waals surface area contributed by atoms with Crippen LogP contribution in [0.2, 0.25) is 0 Å². The second-order valence-corrected chi connectivity index (χ2v) is 7.39. The van der Waals surface area contributed by atoms with Gasteiger partial charge in [-0.3, -0.25) is 9.69 Å². The fourth-order valence-electron chi connectivity index (χ4n) is 2.40. The van der Waals surface area contributed by atoms with Gasteiger partial charge in [0.15, 0.2) is 11.5 Å². The molecule has 1 fully saturated rings. The quantitative estimate of drug-likeness (QED) is 0.442. The zero-order valence-electron chi connectivity index (χ0n) is 13.5. The molecule has 9 heteroatoms. The van der Waals surface area contributed by atoms with Crippen LogP contribution in [0.4, 0.5) is 13.2 Å². The molecule has 1 aliphatic rings. The Labute approximate surface area is 161 Å². The van der Waals surface area contributed by atoms with E-state index < -0.39 is 11.7 Å². The smallest absolute Gasteiger partial charge is 0.416 e. The van der Waals surface area contributed by atoms with E-state index in [2.05, 4.69) is 0 Å². The summed E-state index contributed by atoms with van der Waals surface area (Å²) in [4.78, 5) is 14.2. The maximum Gasteiger partial charge on any atom is 0.416 e. The van der Waals surface area contributed by atoms with Crippen molar-refractivity contribution in [2.75, 3.05) is 0 Å². The molecule has 4 nitrogen and oxygen atoms in total. The monoisotopic (exact) mass is 411 g/mol. The molecule has 0 unspecified atom stereocenters. The summed E-state index contributed by atoms with van der Waals surface area (Å²) in [5.74, 6) is -0.969. The topological polar surface area (TPSA) is 60.8 Å². The maximum absolute atomic E-state index is 12.6. The molecule has 140 valence electrons. The zero-order valence-corrected chi connectivity index (χ0v) is 15.2. The van der Waals surface area contributed by atoms with Crippen molar-refractivity contribution in [1.82, 2.24) is 4.90 Å². The summed E-state index contributed by atoms with van der Waals surface area (Å²) in [7, 11) is 0. The molecule has 1 heterocycles. The van der Waals surface area contributed by atoms with Gasteiger partial charge in [0.2, 0.25) is 0 Å². The first-order valence-electron chi connectivity index (χ1n) is 7.58. The van der Waals surface area contributed by atoms with Gasteiger partial charge in [-0.05, 0) is 41.5 Å². The SMILES string of the molecule is O=C1/C(=C\c2ccc(O)c(O)c2)SC(=S)N1Cc1ccc(C(F)(F)F)cc1. The fraction of sp³-hybridized carbons (Fsp3) is 0.111. The second-order valence-electron chi connectivity index (χ2n) is 5.71. The van der Waals surface area contributed by atoms with Gasteiger partial charge in [0.1, 0.15) is 4.32 Å². The Morgan fingerprint density at radius 3 is 2.33 bits per heavy atom. The lowest BCUT2D eigenvalue weighted by molar-refractivity contribution is -0.137. The van der Waals surface area contributed by atoms with Crippen molar-refractivity contribution in [3.8, 4) is 11.5 Å². The number of hydrogen-bond acceptors (Lipinski definition) is 5. The lowest BCUT2D eigenvalue weighted by Gasteiger charge is -2.15. The molecule has 2 aromatic carbocycles. The van der Waals surface area contributed by atoms with Crippen LogP contribution in [0.5, 0.6) is 11.5 Å². The van der Waals surface area contributed by atoms with E-state index in [1.807, 2.05) is 0 Å². The van der Waals surface area contributed by atoms with Gasteiger partial charge < -0.3 is 10.2 Å². The Kier molecular flexibility index (Phi) is 5.16. The van der Waals surface area contributed by atoms with Crippen LogP contribution < -0.4 is 0 Å². The van der Waals surface area contributed by atoms with Crippen LogP contribution in [0, 0.1) is 0 Å². The average Bonchev–Trinajstić information content (AvgIpc) is 2.85. The van der Waals surface area contributed by atoms with Crippen LogP contribution in [0.1, 0.15) is 16.7 Å². The minimum absolute atomic E-state index is 0.0565. The van der Waals surface area contributed by atoms with Gasteiger partial charge in [-0.15, -0.1) is 0 Å². The summed E-state index contributed by atoms with van der Waals surface area (Å²) in [5, 5.41) is 18.9. The Morgan fingerprint density at radius 2 is 1.74 bits per heavy atom. The molecule has 0 aliphatic carbocycles. The fourth-order valence-corrected chi connectivity index (χ4v) is 3.65. The first kappa shape index (κ1) is 19.2. The number of amides is 1. The van der Waals surface area contributed by atoms with E-state index in [-0.39, 0.29) is 28.3 Å². The van der Waals surface area contributed by atoms with Crippen LogP contribution in [-0.2, 0) is 17.5 Å².